The number of hydrogen-bond acceptors (Lipinski definition) is 1. The van der Waals surface area contributed by atoms with Crippen LogP contribution in [0, 0.1) is 5.41 Å². The van der Waals surface area contributed by atoms with Crippen LogP contribution in [0.5, 0.6) is 0 Å². The molecule has 2 aliphatic carbocycles. The predicted octanol–water partition coefficient (Wildman–Crippen LogP) is 4.92. The topological polar surface area (TPSA) is 26.0 Å². The van der Waals surface area contributed by atoms with Crippen molar-refractivity contribution in [2.45, 2.75) is 70.3 Å². The van der Waals surface area contributed by atoms with Gasteiger partial charge in [-0.25, -0.2) is 0 Å². The minimum absolute atomic E-state index is 0.226. The second kappa shape index (κ2) is 5.28. The number of nitrogens with two attached hydrogens (primary N) is 1. The van der Waals surface area contributed by atoms with Crippen molar-refractivity contribution >= 4 is 0 Å². The summed E-state index contributed by atoms with van der Waals surface area (Å²) < 4.78 is 0. The van der Waals surface area contributed by atoms with Gasteiger partial charge in [-0.05, 0) is 48.1 Å². The van der Waals surface area contributed by atoms with E-state index in [1.54, 1.807) is 5.56 Å². The van der Waals surface area contributed by atoms with E-state index in [0.29, 0.717) is 5.41 Å². The first-order valence-corrected chi connectivity index (χ1v) is 8.05. The molecule has 0 bridgehead atoms. The molecule has 1 nitrogen and oxygen atoms in total. The maximum Gasteiger partial charge on any atom is 0.0352 e. The van der Waals surface area contributed by atoms with Crippen LogP contribution < -0.4 is 5.73 Å². The quantitative estimate of drug-likeness (QED) is 0.816. The second-order valence-corrected chi connectivity index (χ2v) is 6.95. The van der Waals surface area contributed by atoms with Gasteiger partial charge in [0.2, 0.25) is 0 Å². The summed E-state index contributed by atoms with van der Waals surface area (Å²) in [5, 5.41) is 0. The Morgan fingerprint density at radius 2 is 1.74 bits per heavy atom. The zero-order chi connectivity index (χ0) is 13.3. The first-order valence-electron chi connectivity index (χ1n) is 8.05. The van der Waals surface area contributed by atoms with E-state index in [4.69, 9.17) is 5.73 Å². The molecule has 1 aromatic rings. The van der Waals surface area contributed by atoms with E-state index in [1.807, 2.05) is 0 Å². The lowest BCUT2D eigenvalue weighted by Gasteiger charge is -2.41. The first-order chi connectivity index (χ1) is 9.21. The zero-order valence-corrected chi connectivity index (χ0v) is 12.2. The van der Waals surface area contributed by atoms with Crippen LogP contribution >= 0.6 is 0 Å². The molecule has 0 saturated heterocycles. The Hall–Kier alpha value is -0.820. The SMILES string of the molecule is CC1(C(N)c2ccccc2C2CCC2)CCCCC1. The van der Waals surface area contributed by atoms with Crippen molar-refractivity contribution in [2.24, 2.45) is 11.1 Å². The standard InChI is InChI=1S/C18H27N/c1-18(12-5-2-6-13-18)17(19)16-11-4-3-10-15(16)14-8-7-9-14/h3-4,10-11,14,17H,2,5-9,12-13,19H2,1H3. The highest BCUT2D eigenvalue weighted by Gasteiger charge is 2.36. The molecule has 2 N–H and O–H groups in total. The average molecular weight is 257 g/mol. The molecule has 0 spiro atoms. The van der Waals surface area contributed by atoms with E-state index in [0.717, 1.165) is 5.92 Å². The molecule has 19 heavy (non-hydrogen) atoms. The molecule has 1 heteroatoms. The molecule has 1 atom stereocenters. The van der Waals surface area contributed by atoms with Gasteiger partial charge in [-0.2, -0.15) is 0 Å². The highest BCUT2D eigenvalue weighted by molar-refractivity contribution is 5.35. The first kappa shape index (κ1) is 13.2. The largest absolute Gasteiger partial charge is 0.323 e. The molecule has 0 aromatic heterocycles. The lowest BCUT2D eigenvalue weighted by molar-refractivity contribution is 0.169. The van der Waals surface area contributed by atoms with Gasteiger partial charge in [0, 0.05) is 6.04 Å². The molecule has 104 valence electrons. The molecule has 0 amide bonds. The molecular formula is C18H27N. The molecule has 2 aliphatic rings. The Bertz CT molecular complexity index is 427. The van der Waals surface area contributed by atoms with E-state index < -0.39 is 0 Å². The summed E-state index contributed by atoms with van der Waals surface area (Å²) in [5.41, 5.74) is 10.0. The summed E-state index contributed by atoms with van der Waals surface area (Å²) in [6.07, 6.45) is 10.8. The fourth-order valence-electron chi connectivity index (χ4n) is 3.93. The van der Waals surface area contributed by atoms with Gasteiger partial charge >= 0.3 is 0 Å². The van der Waals surface area contributed by atoms with Crippen molar-refractivity contribution in [1.29, 1.82) is 0 Å². The van der Waals surface area contributed by atoms with Crippen molar-refractivity contribution in [3.63, 3.8) is 0 Å². The third kappa shape index (κ3) is 2.45. The Labute approximate surface area is 117 Å². The highest BCUT2D eigenvalue weighted by atomic mass is 14.7. The second-order valence-electron chi connectivity index (χ2n) is 6.95. The Kier molecular flexibility index (Phi) is 3.66. The Balaban J connectivity index is 1.88. The van der Waals surface area contributed by atoms with Crippen LogP contribution in [0.3, 0.4) is 0 Å². The summed E-state index contributed by atoms with van der Waals surface area (Å²) >= 11 is 0. The normalized spacial score (nSPS) is 24.7. The van der Waals surface area contributed by atoms with Crippen LogP contribution in [0.2, 0.25) is 0 Å². The van der Waals surface area contributed by atoms with E-state index >= 15 is 0 Å². The van der Waals surface area contributed by atoms with Gasteiger partial charge in [-0.15, -0.1) is 0 Å². The van der Waals surface area contributed by atoms with Crippen molar-refractivity contribution < 1.29 is 0 Å². The fraction of sp³-hybridized carbons (Fsp3) is 0.667. The minimum atomic E-state index is 0.226. The van der Waals surface area contributed by atoms with E-state index in [-0.39, 0.29) is 6.04 Å². The van der Waals surface area contributed by atoms with Crippen LogP contribution in [-0.4, -0.2) is 0 Å². The summed E-state index contributed by atoms with van der Waals surface area (Å²) in [7, 11) is 0. The summed E-state index contributed by atoms with van der Waals surface area (Å²) in [5.74, 6) is 0.787. The molecule has 1 aromatic carbocycles. The van der Waals surface area contributed by atoms with Crippen LogP contribution in [0.25, 0.3) is 0 Å². The number of rotatable bonds is 3. The van der Waals surface area contributed by atoms with Gasteiger partial charge < -0.3 is 5.73 Å². The molecule has 0 heterocycles. The van der Waals surface area contributed by atoms with Gasteiger partial charge in [-0.1, -0.05) is 56.9 Å². The molecule has 2 fully saturated rings. The van der Waals surface area contributed by atoms with Gasteiger partial charge in [0.05, 0.1) is 0 Å². The van der Waals surface area contributed by atoms with Crippen LogP contribution in [-0.2, 0) is 0 Å². The lowest BCUT2D eigenvalue weighted by Crippen LogP contribution is -2.35. The van der Waals surface area contributed by atoms with Gasteiger partial charge in [0.1, 0.15) is 0 Å². The summed E-state index contributed by atoms with van der Waals surface area (Å²) in [6.45, 7) is 2.41. The van der Waals surface area contributed by atoms with Crippen LogP contribution in [0.1, 0.15) is 81.4 Å². The van der Waals surface area contributed by atoms with E-state index in [1.165, 1.54) is 56.9 Å². The highest BCUT2D eigenvalue weighted by Crippen LogP contribution is 2.47. The smallest absolute Gasteiger partial charge is 0.0352 e. The Morgan fingerprint density at radius 1 is 1.05 bits per heavy atom. The lowest BCUT2D eigenvalue weighted by atomic mass is 9.67. The van der Waals surface area contributed by atoms with Crippen LogP contribution in [0.15, 0.2) is 24.3 Å². The summed E-state index contributed by atoms with van der Waals surface area (Å²) in [4.78, 5) is 0. The summed E-state index contributed by atoms with van der Waals surface area (Å²) in [6, 6.07) is 9.20. The third-order valence-electron chi connectivity index (χ3n) is 5.62. The fourth-order valence-corrected chi connectivity index (χ4v) is 3.93. The molecular weight excluding hydrogens is 230 g/mol. The zero-order valence-electron chi connectivity index (χ0n) is 12.2. The van der Waals surface area contributed by atoms with Crippen molar-refractivity contribution in [3.8, 4) is 0 Å². The van der Waals surface area contributed by atoms with Crippen molar-refractivity contribution in [3.05, 3.63) is 35.4 Å². The van der Waals surface area contributed by atoms with Crippen molar-refractivity contribution in [2.75, 3.05) is 0 Å². The predicted molar refractivity (Wildman–Crippen MR) is 81.2 cm³/mol. The third-order valence-corrected chi connectivity index (χ3v) is 5.62. The molecule has 2 saturated carbocycles. The van der Waals surface area contributed by atoms with Gasteiger partial charge in [0.15, 0.2) is 0 Å². The maximum absolute atomic E-state index is 6.72. The number of benzene rings is 1. The molecule has 1 unspecified atom stereocenters. The van der Waals surface area contributed by atoms with E-state index in [9.17, 15) is 0 Å². The minimum Gasteiger partial charge on any atom is -0.323 e. The van der Waals surface area contributed by atoms with Crippen LogP contribution in [0.4, 0.5) is 0 Å². The molecule has 3 rings (SSSR count). The average Bonchev–Trinajstić information content (AvgIpc) is 2.37. The number of hydrogen-bond donors (Lipinski definition) is 1. The van der Waals surface area contributed by atoms with E-state index in [2.05, 4.69) is 31.2 Å². The molecule has 0 radical (unpaired) electrons. The molecule has 0 aliphatic heterocycles. The monoisotopic (exact) mass is 257 g/mol. The van der Waals surface area contributed by atoms with Crippen molar-refractivity contribution in [1.82, 2.24) is 0 Å². The van der Waals surface area contributed by atoms with Gasteiger partial charge in [-0.3, -0.25) is 0 Å². The maximum atomic E-state index is 6.72. The Morgan fingerprint density at radius 3 is 2.37 bits per heavy atom. The van der Waals surface area contributed by atoms with Gasteiger partial charge in [0.25, 0.3) is 0 Å².